The SMILES string of the molecule is COc1cccc([C@H](NC(=O)[C@@H](C)N2Cc3ccc(-c4nc(NC5CCOCC5)ncc4Cl)cc3C2=O)[C@H](C)O)c1. The molecule has 1 saturated heterocycles. The van der Waals surface area contributed by atoms with Gasteiger partial charge in [-0.1, -0.05) is 35.9 Å². The maximum Gasteiger partial charge on any atom is 0.255 e. The quantitative estimate of drug-likeness (QED) is 0.348. The predicted octanol–water partition coefficient (Wildman–Crippen LogP) is 3.98. The van der Waals surface area contributed by atoms with Crippen LogP contribution in [0.5, 0.6) is 5.75 Å². The van der Waals surface area contributed by atoms with Crippen LogP contribution < -0.4 is 15.4 Å². The van der Waals surface area contributed by atoms with Crippen molar-refractivity contribution < 1.29 is 24.2 Å². The first-order valence-electron chi connectivity index (χ1n) is 13.7. The van der Waals surface area contributed by atoms with Crippen LogP contribution >= 0.6 is 11.6 Å². The Balaban J connectivity index is 1.31. The van der Waals surface area contributed by atoms with Crippen LogP contribution in [0, 0.1) is 0 Å². The molecule has 3 atom stereocenters. The molecule has 3 N–H and O–H groups in total. The van der Waals surface area contributed by atoms with Crippen molar-refractivity contribution in [2.45, 2.75) is 57.5 Å². The molecule has 1 fully saturated rings. The first-order valence-corrected chi connectivity index (χ1v) is 14.1. The molecule has 2 aromatic carbocycles. The van der Waals surface area contributed by atoms with Gasteiger partial charge in [0.25, 0.3) is 5.91 Å². The van der Waals surface area contributed by atoms with Gasteiger partial charge in [0.15, 0.2) is 0 Å². The zero-order chi connectivity index (χ0) is 29.1. The molecular formula is C30H34ClN5O5. The third-order valence-electron chi connectivity index (χ3n) is 7.59. The molecule has 10 nitrogen and oxygen atoms in total. The Labute approximate surface area is 244 Å². The molecule has 41 heavy (non-hydrogen) atoms. The Kier molecular flexibility index (Phi) is 8.72. The van der Waals surface area contributed by atoms with Crippen molar-refractivity contribution in [1.82, 2.24) is 20.2 Å². The third kappa shape index (κ3) is 6.29. The van der Waals surface area contributed by atoms with E-state index in [0.29, 0.717) is 52.3 Å². The van der Waals surface area contributed by atoms with Crippen molar-refractivity contribution in [2.24, 2.45) is 0 Å². The minimum absolute atomic E-state index is 0.220. The number of methoxy groups -OCH3 is 1. The molecule has 3 aromatic rings. The van der Waals surface area contributed by atoms with Gasteiger partial charge >= 0.3 is 0 Å². The number of rotatable bonds is 9. The number of fused-ring (bicyclic) bond motifs is 1. The van der Waals surface area contributed by atoms with Crippen molar-refractivity contribution >= 4 is 29.4 Å². The van der Waals surface area contributed by atoms with Crippen LogP contribution in [-0.2, 0) is 16.1 Å². The smallest absolute Gasteiger partial charge is 0.255 e. The summed E-state index contributed by atoms with van der Waals surface area (Å²) in [5.41, 5.74) is 3.22. The Morgan fingerprint density at radius 3 is 2.71 bits per heavy atom. The maximum atomic E-state index is 13.5. The zero-order valence-electron chi connectivity index (χ0n) is 23.3. The lowest BCUT2D eigenvalue weighted by molar-refractivity contribution is -0.126. The number of aliphatic hydroxyl groups is 1. The molecule has 3 heterocycles. The van der Waals surface area contributed by atoms with Crippen LogP contribution in [0.15, 0.2) is 48.7 Å². The number of nitrogens with zero attached hydrogens (tertiary/aromatic N) is 3. The van der Waals surface area contributed by atoms with Crippen LogP contribution in [0.1, 0.15) is 54.2 Å². The number of aliphatic hydroxyl groups excluding tert-OH is 1. The summed E-state index contributed by atoms with van der Waals surface area (Å²) in [7, 11) is 1.56. The Hall–Kier alpha value is -3.73. The van der Waals surface area contributed by atoms with Crippen molar-refractivity contribution in [3.8, 4) is 17.0 Å². The molecule has 5 rings (SSSR count). The number of anilines is 1. The molecule has 216 valence electrons. The number of benzene rings is 2. The number of amides is 2. The zero-order valence-corrected chi connectivity index (χ0v) is 24.0. The summed E-state index contributed by atoms with van der Waals surface area (Å²) in [5.74, 6) is 0.457. The Morgan fingerprint density at radius 2 is 1.98 bits per heavy atom. The van der Waals surface area contributed by atoms with E-state index in [1.807, 2.05) is 18.2 Å². The fourth-order valence-electron chi connectivity index (χ4n) is 5.18. The summed E-state index contributed by atoms with van der Waals surface area (Å²) in [4.78, 5) is 37.3. The van der Waals surface area contributed by atoms with E-state index in [4.69, 9.17) is 21.1 Å². The van der Waals surface area contributed by atoms with E-state index in [-0.39, 0.29) is 24.4 Å². The van der Waals surface area contributed by atoms with Crippen LogP contribution in [-0.4, -0.2) is 70.3 Å². The second-order valence-electron chi connectivity index (χ2n) is 10.4. The fourth-order valence-corrected chi connectivity index (χ4v) is 5.38. The number of aromatic nitrogens is 2. The summed E-state index contributed by atoms with van der Waals surface area (Å²) < 4.78 is 10.7. The molecule has 2 aliphatic heterocycles. The molecule has 11 heteroatoms. The van der Waals surface area contributed by atoms with Crippen LogP contribution in [0.25, 0.3) is 11.3 Å². The summed E-state index contributed by atoms with van der Waals surface area (Å²) >= 11 is 6.48. The van der Waals surface area contributed by atoms with Crippen molar-refractivity contribution in [3.05, 3.63) is 70.4 Å². The molecule has 1 aromatic heterocycles. The highest BCUT2D eigenvalue weighted by molar-refractivity contribution is 6.33. The number of hydrogen-bond acceptors (Lipinski definition) is 8. The first-order chi connectivity index (χ1) is 19.7. The van der Waals surface area contributed by atoms with Gasteiger partial charge in [-0.2, -0.15) is 0 Å². The summed E-state index contributed by atoms with van der Waals surface area (Å²) in [6, 6.07) is 11.5. The monoisotopic (exact) mass is 579 g/mol. The molecule has 0 radical (unpaired) electrons. The van der Waals surface area contributed by atoms with Gasteiger partial charge in [-0.3, -0.25) is 9.59 Å². The second-order valence-corrected chi connectivity index (χ2v) is 10.8. The fraction of sp³-hybridized carbons (Fsp3) is 0.400. The largest absolute Gasteiger partial charge is 0.497 e. The molecule has 2 aliphatic rings. The van der Waals surface area contributed by atoms with Gasteiger partial charge < -0.3 is 30.1 Å². The van der Waals surface area contributed by atoms with Crippen molar-refractivity contribution in [1.29, 1.82) is 0 Å². The minimum atomic E-state index is -0.865. The van der Waals surface area contributed by atoms with E-state index in [1.165, 1.54) is 4.90 Å². The maximum absolute atomic E-state index is 13.5. The lowest BCUT2D eigenvalue weighted by atomic mass is 10.0. The highest BCUT2D eigenvalue weighted by atomic mass is 35.5. The van der Waals surface area contributed by atoms with Gasteiger partial charge in [0.1, 0.15) is 11.8 Å². The van der Waals surface area contributed by atoms with E-state index in [9.17, 15) is 14.7 Å². The lowest BCUT2D eigenvalue weighted by Gasteiger charge is -2.28. The highest BCUT2D eigenvalue weighted by Gasteiger charge is 2.35. The van der Waals surface area contributed by atoms with Gasteiger partial charge in [-0.25, -0.2) is 9.97 Å². The molecule has 0 unspecified atom stereocenters. The van der Waals surface area contributed by atoms with Crippen molar-refractivity contribution in [3.63, 3.8) is 0 Å². The number of halogens is 1. The van der Waals surface area contributed by atoms with Gasteiger partial charge in [0.05, 0.1) is 36.2 Å². The molecule has 2 amide bonds. The average Bonchev–Trinajstić information content (AvgIpc) is 3.32. The molecule has 0 aliphatic carbocycles. The van der Waals surface area contributed by atoms with Crippen LogP contribution in [0.2, 0.25) is 5.02 Å². The normalized spacial score (nSPS) is 17.5. The van der Waals surface area contributed by atoms with Gasteiger partial charge in [-0.05, 0) is 56.0 Å². The van der Waals surface area contributed by atoms with Gasteiger partial charge in [0, 0.05) is 36.9 Å². The van der Waals surface area contributed by atoms with E-state index < -0.39 is 18.2 Å². The third-order valence-corrected chi connectivity index (χ3v) is 7.87. The Morgan fingerprint density at radius 1 is 1.20 bits per heavy atom. The average molecular weight is 580 g/mol. The molecule has 0 saturated carbocycles. The molecule has 0 bridgehead atoms. The number of carbonyl (C=O) groups is 2. The second kappa shape index (κ2) is 12.4. The van der Waals surface area contributed by atoms with Gasteiger partial charge in [-0.15, -0.1) is 0 Å². The summed E-state index contributed by atoms with van der Waals surface area (Å²) in [6.07, 6.45) is 2.43. The summed E-state index contributed by atoms with van der Waals surface area (Å²) in [5, 5.41) is 17.1. The first kappa shape index (κ1) is 28.8. The topological polar surface area (TPSA) is 126 Å². The number of carbonyl (C=O) groups excluding carboxylic acids is 2. The van der Waals surface area contributed by atoms with Crippen molar-refractivity contribution in [2.75, 3.05) is 25.6 Å². The molecule has 0 spiro atoms. The van der Waals surface area contributed by atoms with Crippen LogP contribution in [0.4, 0.5) is 5.95 Å². The van der Waals surface area contributed by atoms with Gasteiger partial charge in [0.2, 0.25) is 11.9 Å². The Bertz CT molecular complexity index is 1430. The van der Waals surface area contributed by atoms with E-state index in [0.717, 1.165) is 18.4 Å². The van der Waals surface area contributed by atoms with E-state index >= 15 is 0 Å². The molecular weight excluding hydrogens is 546 g/mol. The predicted molar refractivity (Wildman–Crippen MR) is 155 cm³/mol. The van der Waals surface area contributed by atoms with E-state index in [2.05, 4.69) is 20.6 Å². The van der Waals surface area contributed by atoms with E-state index in [1.54, 1.807) is 51.4 Å². The number of nitrogens with one attached hydrogen (secondary N) is 2. The minimum Gasteiger partial charge on any atom is -0.497 e. The highest BCUT2D eigenvalue weighted by Crippen LogP contribution is 2.33. The number of hydrogen-bond donors (Lipinski definition) is 3. The lowest BCUT2D eigenvalue weighted by Crippen LogP contribution is -2.47. The standard InChI is InChI=1S/C30H34ClN5O5/c1-17(28(38)34-26(18(2)37)19-5-4-6-23(13-19)40-3)36-16-21-8-7-20(14-24(21)29(36)39)27-25(31)15-32-30(35-27)33-22-9-11-41-12-10-22/h4-8,13-15,17-18,22,26,37H,9-12,16H2,1-3H3,(H,34,38)(H,32,33,35)/t17-,18+,26-/m1/s1. The summed E-state index contributed by atoms with van der Waals surface area (Å²) in [6.45, 7) is 4.96. The number of ether oxygens (including phenoxy) is 2. The van der Waals surface area contributed by atoms with Crippen LogP contribution in [0.3, 0.4) is 0 Å².